The van der Waals surface area contributed by atoms with Crippen LogP contribution in [-0.2, 0) is 32.1 Å². The molecular weight excluding hydrogens is 443 g/mol. The van der Waals surface area contributed by atoms with Crippen molar-refractivity contribution in [1.29, 1.82) is 0 Å². The molecule has 1 aromatic carbocycles. The molecule has 2 amide bonds. The van der Waals surface area contributed by atoms with Crippen molar-refractivity contribution >= 4 is 29.1 Å². The molecule has 1 saturated heterocycles. The summed E-state index contributed by atoms with van der Waals surface area (Å²) in [6.07, 6.45) is -0.640. The molecule has 13 heteroatoms. The minimum absolute atomic E-state index is 0.0289. The van der Waals surface area contributed by atoms with Crippen LogP contribution in [0.4, 0.5) is 4.39 Å². The third-order valence-electron chi connectivity index (χ3n) is 4.60. The van der Waals surface area contributed by atoms with Crippen LogP contribution in [-0.4, -0.2) is 61.1 Å². The summed E-state index contributed by atoms with van der Waals surface area (Å²) in [6, 6.07) is 4.67. The van der Waals surface area contributed by atoms with E-state index in [1.807, 2.05) is 0 Å². The van der Waals surface area contributed by atoms with E-state index in [1.54, 1.807) is 17.1 Å². The second kappa shape index (κ2) is 9.20. The highest BCUT2D eigenvalue weighted by molar-refractivity contribution is 7.07. The van der Waals surface area contributed by atoms with Crippen molar-refractivity contribution in [3.05, 3.63) is 58.6 Å². The van der Waals surface area contributed by atoms with E-state index in [4.69, 9.17) is 9.84 Å². The molecule has 166 valence electrons. The van der Waals surface area contributed by atoms with Crippen LogP contribution in [0.5, 0.6) is 0 Å². The minimum Gasteiger partial charge on any atom is -0.479 e. The lowest BCUT2D eigenvalue weighted by Gasteiger charge is -2.17. The molecule has 3 heterocycles. The number of nitrogens with zero attached hydrogens (tertiary/aromatic N) is 4. The molecule has 32 heavy (non-hydrogen) atoms. The van der Waals surface area contributed by atoms with Gasteiger partial charge in [-0.25, -0.2) is 18.9 Å². The monoisotopic (exact) mass is 460 g/mol. The van der Waals surface area contributed by atoms with Crippen LogP contribution < -0.4 is 10.6 Å². The molecule has 3 N–H and O–H groups in total. The fourth-order valence-corrected chi connectivity index (χ4v) is 3.48. The average molecular weight is 460 g/mol. The van der Waals surface area contributed by atoms with Gasteiger partial charge in [-0.05, 0) is 24.3 Å². The number of ether oxygens (including phenoxy) is 1. The largest absolute Gasteiger partial charge is 0.479 e. The zero-order valence-electron chi connectivity index (χ0n) is 16.3. The number of epoxide rings is 1. The van der Waals surface area contributed by atoms with Crippen molar-refractivity contribution < 1.29 is 28.6 Å². The van der Waals surface area contributed by atoms with Gasteiger partial charge in [-0.3, -0.25) is 9.59 Å². The number of thiazole rings is 1. The molecule has 1 aliphatic heterocycles. The summed E-state index contributed by atoms with van der Waals surface area (Å²) in [5.74, 6) is -2.80. The van der Waals surface area contributed by atoms with Crippen molar-refractivity contribution in [1.82, 2.24) is 30.6 Å². The maximum atomic E-state index is 13.1. The molecular formula is C19H17FN6O5S. The zero-order chi connectivity index (χ0) is 22.7. The normalized spacial score (nSPS) is 18.0. The number of hydrogen-bond acceptors (Lipinski definition) is 8. The molecule has 0 radical (unpaired) electrons. The Morgan fingerprint density at radius 2 is 2.00 bits per heavy atom. The quantitative estimate of drug-likeness (QED) is 0.379. The van der Waals surface area contributed by atoms with Gasteiger partial charge in [0.15, 0.2) is 12.2 Å². The summed E-state index contributed by atoms with van der Waals surface area (Å²) >= 11 is 1.34. The van der Waals surface area contributed by atoms with Crippen LogP contribution in [0.25, 0.3) is 5.69 Å². The Morgan fingerprint density at radius 3 is 2.66 bits per heavy atom. The van der Waals surface area contributed by atoms with Gasteiger partial charge in [-0.1, -0.05) is 5.21 Å². The number of aliphatic carboxylic acids is 1. The van der Waals surface area contributed by atoms with Crippen LogP contribution in [0, 0.1) is 5.82 Å². The Labute approximate surface area is 184 Å². The number of carboxylic acid groups (broad SMARTS) is 1. The van der Waals surface area contributed by atoms with Crippen LogP contribution >= 0.6 is 11.3 Å². The predicted octanol–water partition coefficient (Wildman–Crippen LogP) is 0.0586. The van der Waals surface area contributed by atoms with Crippen LogP contribution in [0.15, 0.2) is 41.4 Å². The van der Waals surface area contributed by atoms with E-state index < -0.39 is 36.0 Å². The molecule has 0 aliphatic carbocycles. The van der Waals surface area contributed by atoms with Crippen molar-refractivity contribution in [3.8, 4) is 5.69 Å². The highest BCUT2D eigenvalue weighted by atomic mass is 32.1. The van der Waals surface area contributed by atoms with Gasteiger partial charge in [0.2, 0.25) is 5.91 Å². The number of halogens is 1. The lowest BCUT2D eigenvalue weighted by molar-refractivity contribution is -0.138. The highest BCUT2D eigenvalue weighted by Crippen LogP contribution is 2.22. The number of amides is 2. The van der Waals surface area contributed by atoms with E-state index in [0.29, 0.717) is 17.1 Å². The average Bonchev–Trinajstić information content (AvgIpc) is 3.17. The predicted molar refractivity (Wildman–Crippen MR) is 107 cm³/mol. The first-order valence-electron chi connectivity index (χ1n) is 9.41. The van der Waals surface area contributed by atoms with Gasteiger partial charge in [0, 0.05) is 11.8 Å². The van der Waals surface area contributed by atoms with E-state index in [0.717, 1.165) is 0 Å². The molecule has 2 aromatic heterocycles. The topological polar surface area (TPSA) is 152 Å². The van der Waals surface area contributed by atoms with Gasteiger partial charge in [0.1, 0.15) is 17.6 Å². The van der Waals surface area contributed by atoms with Gasteiger partial charge < -0.3 is 20.5 Å². The number of nitrogens with one attached hydrogen (secondary N) is 2. The minimum atomic E-state index is -1.24. The molecule has 1 unspecified atom stereocenters. The zero-order valence-corrected chi connectivity index (χ0v) is 17.2. The Kier molecular flexibility index (Phi) is 6.18. The molecule has 0 spiro atoms. The van der Waals surface area contributed by atoms with Gasteiger partial charge in [0.25, 0.3) is 5.91 Å². The Hall–Kier alpha value is -3.71. The second-order valence-electron chi connectivity index (χ2n) is 6.91. The van der Waals surface area contributed by atoms with Crippen molar-refractivity contribution in [2.24, 2.45) is 0 Å². The lowest BCUT2D eigenvalue weighted by Crippen LogP contribution is -2.49. The third-order valence-corrected chi connectivity index (χ3v) is 5.23. The molecule has 1 aliphatic rings. The van der Waals surface area contributed by atoms with E-state index >= 15 is 0 Å². The lowest BCUT2D eigenvalue weighted by atomic mass is 10.1. The molecule has 3 aromatic rings. The first kappa shape index (κ1) is 21.5. The number of aromatic nitrogens is 4. The smallest absolute Gasteiger partial charge is 0.336 e. The van der Waals surface area contributed by atoms with E-state index in [-0.39, 0.29) is 18.8 Å². The van der Waals surface area contributed by atoms with Gasteiger partial charge >= 0.3 is 5.97 Å². The SMILES string of the molecule is O=C(NCc1cn(-c2ccc(F)cc2)nn1)C(Cc1cscn1)NC(=O)[C@H]1O[C@@H]1C(=O)O. The molecule has 11 nitrogen and oxygen atoms in total. The fourth-order valence-electron chi connectivity index (χ4n) is 2.91. The summed E-state index contributed by atoms with van der Waals surface area (Å²) < 4.78 is 19.3. The number of carbonyl (C=O) groups excluding carboxylic acids is 2. The van der Waals surface area contributed by atoms with Crippen LogP contribution in [0.1, 0.15) is 11.4 Å². The first-order valence-corrected chi connectivity index (χ1v) is 10.4. The summed E-state index contributed by atoms with van der Waals surface area (Å²) in [7, 11) is 0. The van der Waals surface area contributed by atoms with Crippen LogP contribution in [0.2, 0.25) is 0 Å². The highest BCUT2D eigenvalue weighted by Gasteiger charge is 2.51. The maximum absolute atomic E-state index is 13.1. The maximum Gasteiger partial charge on any atom is 0.336 e. The van der Waals surface area contributed by atoms with Gasteiger partial charge in [-0.15, -0.1) is 16.4 Å². The molecule has 4 rings (SSSR count). The third kappa shape index (κ3) is 5.12. The number of hydrogen-bond donors (Lipinski definition) is 3. The number of carbonyl (C=O) groups is 3. The Balaban J connectivity index is 1.38. The molecule has 0 bridgehead atoms. The standard InChI is InChI=1S/C19H17FN6O5S/c20-10-1-3-13(4-2-10)26-7-12(24-25-26)6-21-17(27)14(5-11-8-32-9-22-11)23-18(28)15-16(31-15)19(29)30/h1-4,7-9,14-16H,5-6H2,(H,21,27)(H,23,28)(H,29,30)/t14?,15-,16-/m0/s1. The molecule has 0 saturated carbocycles. The van der Waals surface area contributed by atoms with E-state index in [2.05, 4.69) is 25.9 Å². The summed E-state index contributed by atoms with van der Waals surface area (Å²) in [4.78, 5) is 40.0. The second-order valence-corrected chi connectivity index (χ2v) is 7.63. The molecule has 3 atom stereocenters. The van der Waals surface area contributed by atoms with E-state index in [1.165, 1.54) is 40.3 Å². The molecule has 1 fully saturated rings. The van der Waals surface area contributed by atoms with Crippen molar-refractivity contribution in [3.63, 3.8) is 0 Å². The fraction of sp³-hybridized carbons (Fsp3) is 0.263. The summed E-state index contributed by atoms with van der Waals surface area (Å²) in [5.41, 5.74) is 3.24. The first-order chi connectivity index (χ1) is 15.4. The van der Waals surface area contributed by atoms with Crippen molar-refractivity contribution in [2.75, 3.05) is 0 Å². The van der Waals surface area contributed by atoms with Crippen LogP contribution in [0.3, 0.4) is 0 Å². The Bertz CT molecular complexity index is 1120. The number of carboxylic acids is 1. The summed E-state index contributed by atoms with van der Waals surface area (Å²) in [6.45, 7) is 0.0289. The summed E-state index contributed by atoms with van der Waals surface area (Å²) in [5, 5.41) is 23.8. The van der Waals surface area contributed by atoms with Crippen molar-refractivity contribution in [2.45, 2.75) is 31.2 Å². The number of benzene rings is 1. The van der Waals surface area contributed by atoms with E-state index in [9.17, 15) is 18.8 Å². The Morgan fingerprint density at radius 1 is 1.22 bits per heavy atom. The van der Waals surface area contributed by atoms with Gasteiger partial charge in [0.05, 0.1) is 29.6 Å². The number of rotatable bonds is 9. The van der Waals surface area contributed by atoms with Gasteiger partial charge in [-0.2, -0.15) is 0 Å².